The smallest absolute Gasteiger partial charge is 0.260 e. The molecule has 0 bridgehead atoms. The lowest BCUT2D eigenvalue weighted by molar-refractivity contribution is -0.679. The quantitative estimate of drug-likeness (QED) is 0.486. The van der Waals surface area contributed by atoms with E-state index in [0.29, 0.717) is 0 Å². The molecule has 0 unspecified atom stereocenters. The highest BCUT2D eigenvalue weighted by Gasteiger charge is 2.24. The van der Waals surface area contributed by atoms with E-state index in [-0.39, 0.29) is 29.9 Å². The van der Waals surface area contributed by atoms with E-state index in [1.165, 1.54) is 11.3 Å². The monoisotopic (exact) mass is 374 g/mol. The predicted molar refractivity (Wildman–Crippen MR) is 71.5 cm³/mol. The second-order valence-corrected chi connectivity index (χ2v) is 5.02. The van der Waals surface area contributed by atoms with Crippen LogP contribution >= 0.6 is 0 Å². The normalized spacial score (nSPS) is 14.4. The Balaban J connectivity index is 0.00000180. The molecule has 0 N–H and O–H groups in total. The number of nitrogens with zero attached hydrogens (tertiary/aromatic N) is 2. The zero-order valence-corrected chi connectivity index (χ0v) is 14.2. The number of hydrogen-bond acceptors (Lipinski definition) is 1. The third-order valence-electron chi connectivity index (χ3n) is 3.83. The number of hydrogen-bond donors (Lipinski definition) is 0. The van der Waals surface area contributed by atoms with Crippen LogP contribution in [0.25, 0.3) is 0 Å². The van der Waals surface area contributed by atoms with Crippen LogP contribution in [0.15, 0.2) is 12.3 Å². The molecule has 1 aromatic heterocycles. The Kier molecular flexibility index (Phi) is 6.23. The summed E-state index contributed by atoms with van der Waals surface area (Å²) < 4.78 is 2.09. The number of halogens is 1. The molecular weight excluding hydrogens is 351 g/mol. The third-order valence-corrected chi connectivity index (χ3v) is 3.83. The van der Waals surface area contributed by atoms with Crippen LogP contribution in [0.3, 0.4) is 0 Å². The topological polar surface area (TPSA) is 24.2 Å². The number of carbonyl (C=O) groups excluding carboxylic acids is 1. The largest absolute Gasteiger partial charge is 1.00 e. The Hall–Kier alpha value is -0.650. The molecular formula is C15H23IN2O. The number of rotatable bonds is 3. The average Bonchev–Trinajstić information content (AvgIpc) is 2.91. The van der Waals surface area contributed by atoms with E-state index in [2.05, 4.69) is 24.5 Å². The number of pyridine rings is 1. The Labute approximate surface area is 133 Å². The Morgan fingerprint density at radius 2 is 1.89 bits per heavy atom. The van der Waals surface area contributed by atoms with Crippen LogP contribution in [0.1, 0.15) is 48.3 Å². The minimum absolute atomic E-state index is 0. The molecule has 19 heavy (non-hydrogen) atoms. The molecule has 1 saturated heterocycles. The van der Waals surface area contributed by atoms with Gasteiger partial charge < -0.3 is 28.9 Å². The average molecular weight is 374 g/mol. The maximum atomic E-state index is 12.5. The first-order valence-electron chi connectivity index (χ1n) is 6.98. The van der Waals surface area contributed by atoms with Gasteiger partial charge in [0, 0.05) is 25.6 Å². The number of likely N-dealkylation sites (tertiary alicyclic amines) is 1. The molecule has 1 amide bonds. The van der Waals surface area contributed by atoms with Gasteiger partial charge in [0.1, 0.15) is 12.6 Å². The van der Waals surface area contributed by atoms with E-state index in [4.69, 9.17) is 0 Å². The van der Waals surface area contributed by atoms with E-state index in [1.807, 2.05) is 18.1 Å². The van der Waals surface area contributed by atoms with E-state index in [9.17, 15) is 4.79 Å². The van der Waals surface area contributed by atoms with Crippen molar-refractivity contribution in [2.24, 2.45) is 7.05 Å². The van der Waals surface area contributed by atoms with Gasteiger partial charge in [-0.25, -0.2) is 4.57 Å². The maximum Gasteiger partial charge on any atom is 0.260 e. The minimum Gasteiger partial charge on any atom is -1.00 e. The third kappa shape index (κ3) is 3.46. The zero-order valence-electron chi connectivity index (χ0n) is 12.1. The van der Waals surface area contributed by atoms with Crippen LogP contribution in [-0.2, 0) is 19.9 Å². The summed E-state index contributed by atoms with van der Waals surface area (Å²) in [6.45, 7) is 6.11. The van der Waals surface area contributed by atoms with Crippen LogP contribution in [0, 0.1) is 0 Å². The molecule has 2 rings (SSSR count). The molecule has 106 valence electrons. The summed E-state index contributed by atoms with van der Waals surface area (Å²) in [6, 6.07) is 2.18. The minimum atomic E-state index is 0. The lowest BCUT2D eigenvalue weighted by Gasteiger charge is -2.16. The molecule has 1 aliphatic rings. The Morgan fingerprint density at radius 1 is 1.26 bits per heavy atom. The van der Waals surface area contributed by atoms with Gasteiger partial charge in [-0.05, 0) is 24.8 Å². The molecule has 0 spiro atoms. The number of amides is 1. The fourth-order valence-corrected chi connectivity index (χ4v) is 2.67. The molecule has 1 fully saturated rings. The summed E-state index contributed by atoms with van der Waals surface area (Å²) in [6.07, 6.45) is 6.22. The summed E-state index contributed by atoms with van der Waals surface area (Å²) in [5.74, 6) is 0.211. The van der Waals surface area contributed by atoms with Gasteiger partial charge in [0.05, 0.1) is 0 Å². The molecule has 0 aliphatic carbocycles. The number of aryl methyl sites for hydroxylation is 3. The molecule has 4 heteroatoms. The van der Waals surface area contributed by atoms with Gasteiger partial charge in [-0.3, -0.25) is 4.79 Å². The van der Waals surface area contributed by atoms with Crippen molar-refractivity contribution in [1.82, 2.24) is 4.90 Å². The van der Waals surface area contributed by atoms with Crippen LogP contribution in [0.4, 0.5) is 0 Å². The molecule has 1 aliphatic heterocycles. The summed E-state index contributed by atoms with van der Waals surface area (Å²) in [4.78, 5) is 14.5. The standard InChI is InChI=1S/C15H23N2O.HI/c1-4-12-10-13(5-2)16(3)11-14(12)15(18)17-8-6-7-9-17;/h10-11H,4-9H2,1-3H3;1H/q+1;/p-1. The van der Waals surface area contributed by atoms with E-state index in [0.717, 1.165) is 44.3 Å². The second kappa shape index (κ2) is 7.22. The van der Waals surface area contributed by atoms with Crippen molar-refractivity contribution in [2.75, 3.05) is 13.1 Å². The lowest BCUT2D eigenvalue weighted by atomic mass is 10.0. The summed E-state index contributed by atoms with van der Waals surface area (Å²) in [5.41, 5.74) is 3.35. The van der Waals surface area contributed by atoms with Gasteiger partial charge in [-0.15, -0.1) is 0 Å². The van der Waals surface area contributed by atoms with E-state index in [1.54, 1.807) is 0 Å². The zero-order chi connectivity index (χ0) is 13.1. The first-order valence-corrected chi connectivity index (χ1v) is 6.98. The molecule has 3 nitrogen and oxygen atoms in total. The van der Waals surface area contributed by atoms with Crippen LogP contribution in [0.5, 0.6) is 0 Å². The van der Waals surface area contributed by atoms with Crippen molar-refractivity contribution in [3.63, 3.8) is 0 Å². The second-order valence-electron chi connectivity index (χ2n) is 5.02. The van der Waals surface area contributed by atoms with Crippen molar-refractivity contribution in [3.8, 4) is 0 Å². The summed E-state index contributed by atoms with van der Waals surface area (Å²) >= 11 is 0. The van der Waals surface area contributed by atoms with Gasteiger partial charge >= 0.3 is 0 Å². The number of aromatic nitrogens is 1. The first-order chi connectivity index (χ1) is 8.67. The van der Waals surface area contributed by atoms with Crippen molar-refractivity contribution in [3.05, 3.63) is 29.1 Å². The molecule has 0 radical (unpaired) electrons. The Bertz CT molecular complexity index is 454. The highest BCUT2D eigenvalue weighted by molar-refractivity contribution is 5.95. The van der Waals surface area contributed by atoms with Crippen molar-refractivity contribution in [2.45, 2.75) is 39.5 Å². The summed E-state index contributed by atoms with van der Waals surface area (Å²) in [5, 5.41) is 0. The van der Waals surface area contributed by atoms with Gasteiger partial charge in [-0.2, -0.15) is 0 Å². The number of carbonyl (C=O) groups is 1. The van der Waals surface area contributed by atoms with Gasteiger partial charge in [0.2, 0.25) is 0 Å². The molecule has 0 saturated carbocycles. The van der Waals surface area contributed by atoms with Crippen molar-refractivity contribution < 1.29 is 33.3 Å². The fourth-order valence-electron chi connectivity index (χ4n) is 2.67. The van der Waals surface area contributed by atoms with Crippen LogP contribution < -0.4 is 28.5 Å². The van der Waals surface area contributed by atoms with E-state index >= 15 is 0 Å². The van der Waals surface area contributed by atoms with Gasteiger partial charge in [0.15, 0.2) is 11.9 Å². The van der Waals surface area contributed by atoms with Crippen LogP contribution in [0.2, 0.25) is 0 Å². The van der Waals surface area contributed by atoms with Crippen LogP contribution in [-0.4, -0.2) is 23.9 Å². The lowest BCUT2D eigenvalue weighted by Crippen LogP contribution is -3.00. The molecule has 1 aromatic rings. The molecule has 0 atom stereocenters. The molecule has 2 heterocycles. The van der Waals surface area contributed by atoms with Gasteiger partial charge in [-0.1, -0.05) is 13.8 Å². The summed E-state index contributed by atoms with van der Waals surface area (Å²) in [7, 11) is 2.03. The van der Waals surface area contributed by atoms with Crippen molar-refractivity contribution >= 4 is 5.91 Å². The predicted octanol–water partition coefficient (Wildman–Crippen LogP) is -1.12. The van der Waals surface area contributed by atoms with Crippen molar-refractivity contribution in [1.29, 1.82) is 0 Å². The SMILES string of the molecule is CCc1cc(CC)[n+](C)cc1C(=O)N1CCCC1.[I-]. The highest BCUT2D eigenvalue weighted by atomic mass is 127. The Morgan fingerprint density at radius 3 is 2.42 bits per heavy atom. The van der Waals surface area contributed by atoms with Gasteiger partial charge in [0.25, 0.3) is 5.91 Å². The maximum absolute atomic E-state index is 12.5. The molecule has 0 aromatic carbocycles. The fraction of sp³-hybridized carbons (Fsp3) is 0.600. The highest BCUT2D eigenvalue weighted by Crippen LogP contribution is 2.16. The van der Waals surface area contributed by atoms with E-state index < -0.39 is 0 Å². The first kappa shape index (κ1) is 16.4.